The highest BCUT2D eigenvalue weighted by atomic mass is 17.3. The minimum Gasteiger partial charge on any atom is -0.432 e. The summed E-state index contributed by atoms with van der Waals surface area (Å²) in [7, 11) is 0. The molecule has 4 aliphatic heterocycles. The number of carbonyl (C=O) groups is 1. The first-order chi connectivity index (χ1) is 13.4. The number of hydrogen-bond acceptors (Lipinski definition) is 6. The smallest absolute Gasteiger partial charge is 0.340 e. The van der Waals surface area contributed by atoms with E-state index in [0.717, 1.165) is 25.7 Å². The molecule has 2 bridgehead atoms. The van der Waals surface area contributed by atoms with E-state index in [1.165, 1.54) is 0 Å². The van der Waals surface area contributed by atoms with Crippen molar-refractivity contribution in [1.82, 2.24) is 0 Å². The number of ether oxygens (including phenoxy) is 3. The molecule has 1 unspecified atom stereocenters. The van der Waals surface area contributed by atoms with Gasteiger partial charge in [0, 0.05) is 18.3 Å². The van der Waals surface area contributed by atoms with Crippen molar-refractivity contribution in [3.05, 3.63) is 35.9 Å². The molecule has 1 spiro atoms. The summed E-state index contributed by atoms with van der Waals surface area (Å²) in [6.45, 7) is 6.25. The highest BCUT2D eigenvalue weighted by Gasteiger charge is 2.69. The summed E-state index contributed by atoms with van der Waals surface area (Å²) < 4.78 is 18.4. The third-order valence-corrected chi connectivity index (χ3v) is 7.33. The minimum absolute atomic E-state index is 0.0198. The molecule has 6 heteroatoms. The van der Waals surface area contributed by atoms with Gasteiger partial charge in [0.1, 0.15) is 0 Å². The van der Waals surface area contributed by atoms with Crippen molar-refractivity contribution >= 4 is 5.97 Å². The molecule has 0 amide bonds. The fourth-order valence-electron chi connectivity index (χ4n) is 5.75. The molecule has 6 nitrogen and oxygen atoms in total. The Labute approximate surface area is 165 Å². The number of esters is 1. The Bertz CT molecular complexity index is 753. The van der Waals surface area contributed by atoms with Crippen LogP contribution in [-0.4, -0.2) is 29.9 Å². The van der Waals surface area contributed by atoms with Gasteiger partial charge in [-0.1, -0.05) is 32.0 Å². The molecule has 0 aromatic heterocycles. The summed E-state index contributed by atoms with van der Waals surface area (Å²) >= 11 is 0. The van der Waals surface area contributed by atoms with E-state index < -0.39 is 24.0 Å². The lowest BCUT2D eigenvalue weighted by molar-refractivity contribution is -0.576. The summed E-state index contributed by atoms with van der Waals surface area (Å²) in [5.74, 6) is -0.278. The van der Waals surface area contributed by atoms with Gasteiger partial charge >= 0.3 is 5.97 Å². The number of benzene rings is 1. The van der Waals surface area contributed by atoms with E-state index in [4.69, 9.17) is 24.0 Å². The monoisotopic (exact) mass is 388 g/mol. The average Bonchev–Trinajstić information content (AvgIpc) is 2.92. The minimum atomic E-state index is -0.827. The first-order valence-corrected chi connectivity index (χ1v) is 10.4. The largest absolute Gasteiger partial charge is 0.432 e. The lowest BCUT2D eigenvalue weighted by atomic mass is 9.58. The van der Waals surface area contributed by atoms with Crippen molar-refractivity contribution in [3.8, 4) is 0 Å². The van der Waals surface area contributed by atoms with Crippen molar-refractivity contribution in [3.63, 3.8) is 0 Å². The van der Waals surface area contributed by atoms with Crippen LogP contribution in [0.5, 0.6) is 0 Å². The zero-order valence-corrected chi connectivity index (χ0v) is 16.6. The molecule has 1 aliphatic carbocycles. The topological polar surface area (TPSA) is 63.2 Å². The van der Waals surface area contributed by atoms with Crippen LogP contribution in [0.2, 0.25) is 0 Å². The SMILES string of the molecule is C[C@H]1[C@@H](OC(=O)c2ccccc2)O[C@@H]2OC3(C)CC[C@H]4[C@H](C)CC[C@@H]1[C@@]24OO3. The number of carbonyl (C=O) groups excluding carboxylic acids is 1. The molecule has 4 heterocycles. The van der Waals surface area contributed by atoms with E-state index in [0.29, 0.717) is 17.4 Å². The Morgan fingerprint density at radius 3 is 2.64 bits per heavy atom. The Hall–Kier alpha value is -1.47. The highest BCUT2D eigenvalue weighted by molar-refractivity contribution is 5.89. The summed E-state index contributed by atoms with van der Waals surface area (Å²) in [6, 6.07) is 9.01. The van der Waals surface area contributed by atoms with Gasteiger partial charge in [-0.3, -0.25) is 0 Å². The van der Waals surface area contributed by atoms with Crippen LogP contribution < -0.4 is 0 Å². The molecule has 6 rings (SSSR count). The summed E-state index contributed by atoms with van der Waals surface area (Å²) in [5.41, 5.74) is -0.119. The summed E-state index contributed by atoms with van der Waals surface area (Å²) in [5, 5.41) is 0. The first kappa shape index (κ1) is 18.6. The number of hydrogen-bond donors (Lipinski definition) is 0. The van der Waals surface area contributed by atoms with Crippen molar-refractivity contribution in [2.24, 2.45) is 23.7 Å². The van der Waals surface area contributed by atoms with Gasteiger partial charge in [0.2, 0.25) is 12.1 Å². The second-order valence-electron chi connectivity index (χ2n) is 9.05. The Balaban J connectivity index is 1.46. The molecule has 5 aliphatic rings. The second-order valence-corrected chi connectivity index (χ2v) is 9.05. The quantitative estimate of drug-likeness (QED) is 0.563. The molecule has 5 fully saturated rings. The lowest BCUT2D eigenvalue weighted by Crippen LogP contribution is -2.70. The van der Waals surface area contributed by atoms with E-state index in [2.05, 4.69) is 13.8 Å². The normalized spacial score (nSPS) is 47.1. The van der Waals surface area contributed by atoms with E-state index in [1.54, 1.807) is 12.1 Å². The van der Waals surface area contributed by atoms with Gasteiger partial charge < -0.3 is 14.2 Å². The molecule has 152 valence electrons. The van der Waals surface area contributed by atoms with E-state index in [9.17, 15) is 4.79 Å². The van der Waals surface area contributed by atoms with Crippen molar-refractivity contribution < 1.29 is 28.8 Å². The second kappa shape index (κ2) is 6.52. The van der Waals surface area contributed by atoms with Crippen molar-refractivity contribution in [2.75, 3.05) is 0 Å². The number of rotatable bonds is 2. The molecule has 1 aromatic rings. The maximum absolute atomic E-state index is 12.6. The molecule has 1 saturated carbocycles. The molecule has 4 saturated heterocycles. The third-order valence-electron chi connectivity index (χ3n) is 7.33. The predicted octanol–water partition coefficient (Wildman–Crippen LogP) is 4.05. The first-order valence-electron chi connectivity index (χ1n) is 10.4. The Morgan fingerprint density at radius 2 is 1.86 bits per heavy atom. The van der Waals surface area contributed by atoms with Crippen molar-refractivity contribution in [2.45, 2.75) is 70.4 Å². The maximum Gasteiger partial charge on any atom is 0.340 e. The molecule has 0 N–H and O–H groups in total. The lowest BCUT2D eigenvalue weighted by Gasteiger charge is -2.59. The molecule has 0 radical (unpaired) electrons. The third kappa shape index (κ3) is 2.65. The molecule has 8 atom stereocenters. The van der Waals surface area contributed by atoms with Crippen LogP contribution in [-0.2, 0) is 24.0 Å². The van der Waals surface area contributed by atoms with Gasteiger partial charge in [0.15, 0.2) is 11.9 Å². The van der Waals surface area contributed by atoms with Gasteiger partial charge in [0.05, 0.1) is 5.56 Å². The number of fused-ring (bicyclic) bond motifs is 2. The summed E-state index contributed by atoms with van der Waals surface area (Å²) in [4.78, 5) is 24.5. The fourth-order valence-corrected chi connectivity index (χ4v) is 5.75. The summed E-state index contributed by atoms with van der Waals surface area (Å²) in [6.07, 6.45) is 2.56. The Kier molecular flexibility index (Phi) is 4.32. The molecule has 28 heavy (non-hydrogen) atoms. The van der Waals surface area contributed by atoms with Crippen LogP contribution in [0.25, 0.3) is 0 Å². The van der Waals surface area contributed by atoms with Crippen molar-refractivity contribution in [1.29, 1.82) is 0 Å². The van der Waals surface area contributed by atoms with Gasteiger partial charge in [-0.15, -0.1) is 0 Å². The van der Waals surface area contributed by atoms with Gasteiger partial charge in [-0.05, 0) is 50.2 Å². The molecule has 1 aromatic carbocycles. The Morgan fingerprint density at radius 1 is 1.07 bits per heavy atom. The zero-order valence-electron chi connectivity index (χ0n) is 16.6. The standard InChI is InChI=1S/C22H28O6/c1-13-9-10-17-14(2)19(24-18(23)15-7-5-4-6-8-15)25-20-22(17)16(13)11-12-21(3,26-20)27-28-22/h4-8,13-14,16-17,19-20H,9-12H2,1-3H3/t13-,14-,16+,17+,19+,20-,21?,22-/m1/s1. The maximum atomic E-state index is 12.6. The molecular weight excluding hydrogens is 360 g/mol. The molecular formula is C22H28O6. The average molecular weight is 388 g/mol. The van der Waals surface area contributed by atoms with E-state index >= 15 is 0 Å². The van der Waals surface area contributed by atoms with Crippen LogP contribution in [0, 0.1) is 23.7 Å². The fraction of sp³-hybridized carbons (Fsp3) is 0.682. The van der Waals surface area contributed by atoms with Crippen LogP contribution in [0.3, 0.4) is 0 Å². The zero-order chi connectivity index (χ0) is 19.5. The van der Waals surface area contributed by atoms with Crippen LogP contribution >= 0.6 is 0 Å². The van der Waals surface area contributed by atoms with E-state index in [1.807, 2.05) is 25.1 Å². The van der Waals surface area contributed by atoms with Crippen LogP contribution in [0.1, 0.15) is 56.8 Å². The van der Waals surface area contributed by atoms with E-state index in [-0.39, 0.29) is 17.8 Å². The van der Waals surface area contributed by atoms with Crippen LogP contribution in [0.4, 0.5) is 0 Å². The highest BCUT2D eigenvalue weighted by Crippen LogP contribution is 2.60. The van der Waals surface area contributed by atoms with Gasteiger partial charge in [0.25, 0.3) is 0 Å². The van der Waals surface area contributed by atoms with Crippen LogP contribution in [0.15, 0.2) is 30.3 Å². The predicted molar refractivity (Wildman–Crippen MR) is 98.7 cm³/mol. The van der Waals surface area contributed by atoms with Gasteiger partial charge in [-0.25, -0.2) is 14.6 Å². The van der Waals surface area contributed by atoms with Gasteiger partial charge in [-0.2, -0.15) is 0 Å².